The smallest absolute Gasteiger partial charge is 0.139 e. The molecule has 7 atom stereocenters. The van der Waals surface area contributed by atoms with Gasteiger partial charge in [0.2, 0.25) is 0 Å². The topological polar surface area (TPSA) is 17.1 Å². The third kappa shape index (κ3) is 1.83. The van der Waals surface area contributed by atoms with Crippen LogP contribution in [-0.2, 0) is 4.79 Å². The Bertz CT molecular complexity index is 460. The highest BCUT2D eigenvalue weighted by atomic mass is 19.1. The molecular weight excluding hydrogens is 263 g/mol. The third-order valence-electron chi connectivity index (χ3n) is 8.31. The Labute approximate surface area is 128 Å². The molecule has 0 aliphatic heterocycles. The fourth-order valence-corrected chi connectivity index (χ4v) is 6.98. The summed E-state index contributed by atoms with van der Waals surface area (Å²) in [4.78, 5) is 12.4. The molecule has 0 heterocycles. The van der Waals surface area contributed by atoms with Crippen molar-refractivity contribution in [3.8, 4) is 0 Å². The molecule has 4 fully saturated rings. The van der Waals surface area contributed by atoms with Crippen LogP contribution in [0.5, 0.6) is 0 Å². The first-order valence-corrected chi connectivity index (χ1v) is 9.12. The first-order chi connectivity index (χ1) is 9.95. The fourth-order valence-electron chi connectivity index (χ4n) is 6.98. The second kappa shape index (κ2) is 4.55. The summed E-state index contributed by atoms with van der Waals surface area (Å²) < 4.78 is 13.8. The molecular formula is C19H29FO. The summed E-state index contributed by atoms with van der Waals surface area (Å²) in [5, 5.41) is 0. The van der Waals surface area contributed by atoms with Crippen molar-refractivity contribution in [2.45, 2.75) is 77.8 Å². The van der Waals surface area contributed by atoms with Crippen molar-refractivity contribution in [2.75, 3.05) is 0 Å². The second-order valence-corrected chi connectivity index (χ2v) is 8.95. The third-order valence-corrected chi connectivity index (χ3v) is 8.31. The molecule has 4 saturated carbocycles. The van der Waals surface area contributed by atoms with E-state index in [9.17, 15) is 9.18 Å². The predicted octanol–water partition coefficient (Wildman–Crippen LogP) is 4.94. The normalized spacial score (nSPS) is 56.5. The molecule has 2 heteroatoms. The largest absolute Gasteiger partial charge is 0.299 e. The van der Waals surface area contributed by atoms with Gasteiger partial charge in [0.25, 0.3) is 0 Å². The summed E-state index contributed by atoms with van der Waals surface area (Å²) in [5.74, 6) is 3.26. The lowest BCUT2D eigenvalue weighted by molar-refractivity contribution is -0.140. The van der Waals surface area contributed by atoms with E-state index in [1.54, 1.807) is 0 Å². The Morgan fingerprint density at radius 1 is 1.00 bits per heavy atom. The standard InChI is InChI=1S/C19H29FO/c1-18-9-7-13(20)11-12(18)3-4-14-15-5-6-17(21)19(15,2)10-8-16(14)18/h12-16H,3-11H2,1-2H3/t12?,13-,14?,15?,16?,18?,19?/m1/s1. The van der Waals surface area contributed by atoms with Crippen LogP contribution in [0.15, 0.2) is 0 Å². The van der Waals surface area contributed by atoms with Gasteiger partial charge in [0.15, 0.2) is 0 Å². The van der Waals surface area contributed by atoms with Crippen molar-refractivity contribution in [3.63, 3.8) is 0 Å². The number of ketones is 1. The zero-order chi connectivity index (χ0) is 14.8. The maximum Gasteiger partial charge on any atom is 0.139 e. The van der Waals surface area contributed by atoms with Gasteiger partial charge in [-0.2, -0.15) is 0 Å². The number of hydrogen-bond donors (Lipinski definition) is 0. The molecule has 0 saturated heterocycles. The van der Waals surface area contributed by atoms with Gasteiger partial charge in [-0.3, -0.25) is 4.79 Å². The molecule has 0 radical (unpaired) electrons. The first-order valence-electron chi connectivity index (χ1n) is 9.12. The number of alkyl halides is 1. The molecule has 1 nitrogen and oxygen atoms in total. The van der Waals surface area contributed by atoms with Crippen LogP contribution in [-0.4, -0.2) is 12.0 Å². The molecule has 0 N–H and O–H groups in total. The van der Waals surface area contributed by atoms with E-state index in [1.807, 2.05) is 0 Å². The van der Waals surface area contributed by atoms with Gasteiger partial charge in [0, 0.05) is 11.8 Å². The number of rotatable bonds is 0. The Morgan fingerprint density at radius 2 is 1.81 bits per heavy atom. The molecule has 21 heavy (non-hydrogen) atoms. The van der Waals surface area contributed by atoms with Crippen LogP contribution in [0, 0.1) is 34.5 Å². The lowest BCUT2D eigenvalue weighted by atomic mass is 9.45. The van der Waals surface area contributed by atoms with E-state index in [0.717, 1.165) is 50.4 Å². The quantitative estimate of drug-likeness (QED) is 0.618. The summed E-state index contributed by atoms with van der Waals surface area (Å²) in [7, 11) is 0. The highest BCUT2D eigenvalue weighted by Crippen LogP contribution is 2.65. The Kier molecular flexibility index (Phi) is 3.08. The molecule has 0 aromatic heterocycles. The highest BCUT2D eigenvalue weighted by Gasteiger charge is 2.60. The van der Waals surface area contributed by atoms with Gasteiger partial charge < -0.3 is 0 Å². The minimum atomic E-state index is -0.554. The maximum absolute atomic E-state index is 13.8. The molecule has 4 rings (SSSR count). The van der Waals surface area contributed by atoms with E-state index in [0.29, 0.717) is 23.0 Å². The van der Waals surface area contributed by atoms with Crippen LogP contribution in [0.2, 0.25) is 0 Å². The van der Waals surface area contributed by atoms with E-state index in [-0.39, 0.29) is 5.41 Å². The van der Waals surface area contributed by atoms with Crippen molar-refractivity contribution in [1.82, 2.24) is 0 Å². The summed E-state index contributed by atoms with van der Waals surface area (Å²) in [6.07, 6.45) is 8.83. The zero-order valence-electron chi connectivity index (χ0n) is 13.5. The van der Waals surface area contributed by atoms with Crippen LogP contribution >= 0.6 is 0 Å². The Hall–Kier alpha value is -0.400. The second-order valence-electron chi connectivity index (χ2n) is 8.95. The molecule has 6 unspecified atom stereocenters. The van der Waals surface area contributed by atoms with Gasteiger partial charge in [-0.25, -0.2) is 4.39 Å². The number of Topliss-reactive ketones (excluding diaryl/α,β-unsaturated/α-hetero) is 1. The number of carbonyl (C=O) groups is 1. The minimum absolute atomic E-state index is 0.0122. The van der Waals surface area contributed by atoms with Crippen LogP contribution in [0.4, 0.5) is 4.39 Å². The summed E-state index contributed by atoms with van der Waals surface area (Å²) in [6.45, 7) is 4.70. The predicted molar refractivity (Wildman–Crippen MR) is 81.6 cm³/mol. The van der Waals surface area contributed by atoms with E-state index in [1.165, 1.54) is 19.3 Å². The molecule has 4 aliphatic carbocycles. The van der Waals surface area contributed by atoms with Crippen molar-refractivity contribution >= 4 is 5.78 Å². The zero-order valence-corrected chi connectivity index (χ0v) is 13.5. The first kappa shape index (κ1) is 14.2. The van der Waals surface area contributed by atoms with Crippen LogP contribution in [0.3, 0.4) is 0 Å². The molecule has 0 bridgehead atoms. The van der Waals surface area contributed by atoms with Crippen molar-refractivity contribution in [2.24, 2.45) is 34.5 Å². The minimum Gasteiger partial charge on any atom is -0.299 e. The van der Waals surface area contributed by atoms with Crippen LogP contribution in [0.1, 0.15) is 71.6 Å². The van der Waals surface area contributed by atoms with Gasteiger partial charge >= 0.3 is 0 Å². The Balaban J connectivity index is 1.64. The van der Waals surface area contributed by atoms with Crippen LogP contribution in [0.25, 0.3) is 0 Å². The number of halogens is 1. The summed E-state index contributed by atoms with van der Waals surface area (Å²) in [6, 6.07) is 0. The summed E-state index contributed by atoms with van der Waals surface area (Å²) in [5.41, 5.74) is 0.347. The Morgan fingerprint density at radius 3 is 2.62 bits per heavy atom. The number of hydrogen-bond acceptors (Lipinski definition) is 1. The monoisotopic (exact) mass is 292 g/mol. The number of fused-ring (bicyclic) bond motifs is 5. The van der Waals surface area contributed by atoms with Gasteiger partial charge in [-0.05, 0) is 80.5 Å². The van der Waals surface area contributed by atoms with E-state index in [2.05, 4.69) is 13.8 Å². The van der Waals surface area contributed by atoms with E-state index < -0.39 is 6.17 Å². The van der Waals surface area contributed by atoms with E-state index in [4.69, 9.17) is 0 Å². The van der Waals surface area contributed by atoms with Crippen LogP contribution < -0.4 is 0 Å². The van der Waals surface area contributed by atoms with Crippen molar-refractivity contribution in [3.05, 3.63) is 0 Å². The van der Waals surface area contributed by atoms with Crippen molar-refractivity contribution < 1.29 is 9.18 Å². The molecule has 0 aromatic carbocycles. The lowest BCUT2D eigenvalue weighted by Gasteiger charge is -2.59. The lowest BCUT2D eigenvalue weighted by Crippen LogP contribution is -2.53. The maximum atomic E-state index is 13.8. The average molecular weight is 292 g/mol. The SMILES string of the molecule is CC12CCC3C(CCC4C[C@H](F)CCC43C)C1CCC2=O. The molecule has 4 aliphatic rings. The van der Waals surface area contributed by atoms with Gasteiger partial charge in [0.1, 0.15) is 12.0 Å². The highest BCUT2D eigenvalue weighted by molar-refractivity contribution is 5.87. The number of carbonyl (C=O) groups excluding carboxylic acids is 1. The molecule has 0 aromatic rings. The molecule has 118 valence electrons. The van der Waals surface area contributed by atoms with Crippen molar-refractivity contribution in [1.29, 1.82) is 0 Å². The van der Waals surface area contributed by atoms with Gasteiger partial charge in [0.05, 0.1) is 0 Å². The summed E-state index contributed by atoms with van der Waals surface area (Å²) >= 11 is 0. The van der Waals surface area contributed by atoms with Gasteiger partial charge in [-0.1, -0.05) is 13.8 Å². The molecule has 0 spiro atoms. The van der Waals surface area contributed by atoms with E-state index >= 15 is 0 Å². The fraction of sp³-hybridized carbons (Fsp3) is 0.947. The molecule has 0 amide bonds. The average Bonchev–Trinajstić information content (AvgIpc) is 2.76. The van der Waals surface area contributed by atoms with Gasteiger partial charge in [-0.15, -0.1) is 0 Å².